The Morgan fingerprint density at radius 1 is 1.25 bits per heavy atom. The highest BCUT2D eigenvalue weighted by atomic mass is 14.0. The minimum absolute atomic E-state index is 1.11. The second-order valence-corrected chi connectivity index (χ2v) is 4.37. The molecule has 86 valence electrons. The van der Waals surface area contributed by atoms with Crippen LogP contribution in [0.2, 0.25) is 0 Å². The maximum Gasteiger partial charge on any atom is -0.0187 e. The van der Waals surface area contributed by atoms with Gasteiger partial charge in [0.2, 0.25) is 0 Å². The minimum Gasteiger partial charge on any atom is -0.0912 e. The van der Waals surface area contributed by atoms with Crippen molar-refractivity contribution in [1.29, 1.82) is 0 Å². The summed E-state index contributed by atoms with van der Waals surface area (Å²) in [6, 6.07) is 6.52. The molecule has 0 N–H and O–H groups in total. The number of allylic oxidation sites excluding steroid dienone is 3. The molecular weight excluding hydrogens is 192 g/mol. The SMILES string of the molecule is C=C(/C=C\CCCC)c1ccc(C)c(C)c1. The molecule has 0 aliphatic heterocycles. The van der Waals surface area contributed by atoms with E-state index in [0.717, 1.165) is 12.0 Å². The van der Waals surface area contributed by atoms with Gasteiger partial charge in [-0.05, 0) is 42.5 Å². The molecule has 0 aliphatic carbocycles. The van der Waals surface area contributed by atoms with E-state index in [2.05, 4.69) is 57.7 Å². The van der Waals surface area contributed by atoms with Gasteiger partial charge in [0.1, 0.15) is 0 Å². The summed E-state index contributed by atoms with van der Waals surface area (Å²) in [5.74, 6) is 0. The summed E-state index contributed by atoms with van der Waals surface area (Å²) in [6.07, 6.45) is 8.03. The first-order chi connectivity index (χ1) is 7.65. The zero-order chi connectivity index (χ0) is 12.0. The molecule has 0 heteroatoms. The molecule has 0 saturated carbocycles. The third-order valence-corrected chi connectivity index (χ3v) is 2.92. The lowest BCUT2D eigenvalue weighted by molar-refractivity contribution is 0.815. The molecule has 0 heterocycles. The fourth-order valence-corrected chi connectivity index (χ4v) is 1.58. The number of hydrogen-bond donors (Lipinski definition) is 0. The van der Waals surface area contributed by atoms with Crippen LogP contribution in [0.5, 0.6) is 0 Å². The second kappa shape index (κ2) is 6.32. The average molecular weight is 214 g/mol. The van der Waals surface area contributed by atoms with Gasteiger partial charge >= 0.3 is 0 Å². The van der Waals surface area contributed by atoms with Gasteiger partial charge in [-0.15, -0.1) is 0 Å². The van der Waals surface area contributed by atoms with Crippen molar-refractivity contribution in [3.8, 4) is 0 Å². The van der Waals surface area contributed by atoms with Gasteiger partial charge in [-0.3, -0.25) is 0 Å². The van der Waals surface area contributed by atoms with Gasteiger partial charge in [0, 0.05) is 0 Å². The third-order valence-electron chi connectivity index (χ3n) is 2.92. The molecule has 0 aliphatic rings. The van der Waals surface area contributed by atoms with Gasteiger partial charge in [0.25, 0.3) is 0 Å². The van der Waals surface area contributed by atoms with Crippen LogP contribution in [0.3, 0.4) is 0 Å². The Balaban J connectivity index is 2.66. The summed E-state index contributed by atoms with van der Waals surface area (Å²) in [5.41, 5.74) is 5.02. The van der Waals surface area contributed by atoms with Crippen LogP contribution in [0.25, 0.3) is 5.57 Å². The van der Waals surface area contributed by atoms with Crippen LogP contribution >= 0.6 is 0 Å². The Morgan fingerprint density at radius 2 is 2.00 bits per heavy atom. The first kappa shape index (κ1) is 12.8. The molecule has 0 aromatic heterocycles. The van der Waals surface area contributed by atoms with Crippen LogP contribution in [-0.4, -0.2) is 0 Å². The Bertz CT molecular complexity index is 383. The number of benzene rings is 1. The fourth-order valence-electron chi connectivity index (χ4n) is 1.58. The molecule has 0 amide bonds. The number of rotatable bonds is 5. The molecule has 16 heavy (non-hydrogen) atoms. The smallest absolute Gasteiger partial charge is 0.0187 e. The monoisotopic (exact) mass is 214 g/mol. The molecule has 1 rings (SSSR count). The molecule has 0 radical (unpaired) electrons. The lowest BCUT2D eigenvalue weighted by atomic mass is 10.0. The highest BCUT2D eigenvalue weighted by Gasteiger charge is 1.97. The van der Waals surface area contributed by atoms with Gasteiger partial charge < -0.3 is 0 Å². The van der Waals surface area contributed by atoms with Crippen LogP contribution in [0.4, 0.5) is 0 Å². The topological polar surface area (TPSA) is 0 Å². The van der Waals surface area contributed by atoms with E-state index in [4.69, 9.17) is 0 Å². The molecule has 0 nitrogen and oxygen atoms in total. The zero-order valence-corrected chi connectivity index (χ0v) is 10.7. The Hall–Kier alpha value is -1.30. The van der Waals surface area contributed by atoms with Crippen molar-refractivity contribution >= 4 is 5.57 Å². The number of aryl methyl sites for hydroxylation is 2. The first-order valence-electron chi connectivity index (χ1n) is 6.08. The summed E-state index contributed by atoms with van der Waals surface area (Å²) < 4.78 is 0. The van der Waals surface area contributed by atoms with Gasteiger partial charge in [-0.2, -0.15) is 0 Å². The fraction of sp³-hybridized carbons (Fsp3) is 0.375. The van der Waals surface area contributed by atoms with Crippen molar-refractivity contribution in [1.82, 2.24) is 0 Å². The van der Waals surface area contributed by atoms with Gasteiger partial charge in [0.15, 0.2) is 0 Å². The molecule has 0 fully saturated rings. The molecule has 0 atom stereocenters. The Labute approximate surface area is 99.7 Å². The maximum absolute atomic E-state index is 4.11. The summed E-state index contributed by atoms with van der Waals surface area (Å²) in [6.45, 7) is 10.6. The Kier molecular flexibility index (Phi) is 5.04. The second-order valence-electron chi connectivity index (χ2n) is 4.37. The molecule has 0 spiro atoms. The predicted molar refractivity (Wildman–Crippen MR) is 73.6 cm³/mol. The Morgan fingerprint density at radius 3 is 2.62 bits per heavy atom. The molecular formula is C16H22. The average Bonchev–Trinajstić information content (AvgIpc) is 2.28. The van der Waals surface area contributed by atoms with Gasteiger partial charge in [-0.1, -0.05) is 56.7 Å². The van der Waals surface area contributed by atoms with E-state index in [1.807, 2.05) is 0 Å². The number of hydrogen-bond acceptors (Lipinski definition) is 0. The summed E-state index contributed by atoms with van der Waals surface area (Å²) in [5, 5.41) is 0. The predicted octanol–water partition coefficient (Wildman–Crippen LogP) is 5.06. The maximum atomic E-state index is 4.11. The summed E-state index contributed by atoms with van der Waals surface area (Å²) in [4.78, 5) is 0. The van der Waals surface area contributed by atoms with E-state index in [-0.39, 0.29) is 0 Å². The minimum atomic E-state index is 1.11. The third kappa shape index (κ3) is 3.69. The molecule has 1 aromatic carbocycles. The van der Waals surface area contributed by atoms with Crippen LogP contribution in [-0.2, 0) is 0 Å². The molecule has 1 aromatic rings. The van der Waals surface area contributed by atoms with Crippen molar-refractivity contribution in [2.75, 3.05) is 0 Å². The van der Waals surface area contributed by atoms with E-state index < -0.39 is 0 Å². The highest BCUT2D eigenvalue weighted by molar-refractivity contribution is 5.72. The van der Waals surface area contributed by atoms with Crippen LogP contribution in [0.1, 0.15) is 42.9 Å². The van der Waals surface area contributed by atoms with Crippen molar-refractivity contribution in [2.24, 2.45) is 0 Å². The van der Waals surface area contributed by atoms with Crippen molar-refractivity contribution in [3.63, 3.8) is 0 Å². The standard InChI is InChI=1S/C16H22/c1-5-6-7-8-9-14(3)16-11-10-13(2)15(4)12-16/h8-12H,3,5-7H2,1-2,4H3/b9-8-. The first-order valence-corrected chi connectivity index (χ1v) is 6.08. The van der Waals surface area contributed by atoms with Crippen molar-refractivity contribution in [2.45, 2.75) is 40.0 Å². The van der Waals surface area contributed by atoms with Crippen LogP contribution in [0, 0.1) is 13.8 Å². The van der Waals surface area contributed by atoms with Crippen molar-refractivity contribution in [3.05, 3.63) is 53.6 Å². The van der Waals surface area contributed by atoms with E-state index in [1.54, 1.807) is 0 Å². The molecule has 0 bridgehead atoms. The highest BCUT2D eigenvalue weighted by Crippen LogP contribution is 2.18. The number of unbranched alkanes of at least 4 members (excludes halogenated alkanes) is 2. The molecule has 0 unspecified atom stereocenters. The van der Waals surface area contributed by atoms with E-state index in [9.17, 15) is 0 Å². The van der Waals surface area contributed by atoms with E-state index >= 15 is 0 Å². The lowest BCUT2D eigenvalue weighted by Gasteiger charge is -2.04. The lowest BCUT2D eigenvalue weighted by Crippen LogP contribution is -1.85. The molecule has 0 saturated heterocycles. The van der Waals surface area contributed by atoms with E-state index in [1.165, 1.54) is 29.5 Å². The van der Waals surface area contributed by atoms with Gasteiger partial charge in [0.05, 0.1) is 0 Å². The van der Waals surface area contributed by atoms with Crippen LogP contribution in [0.15, 0.2) is 36.9 Å². The van der Waals surface area contributed by atoms with Crippen molar-refractivity contribution < 1.29 is 0 Å². The normalized spacial score (nSPS) is 10.9. The summed E-state index contributed by atoms with van der Waals surface area (Å²) >= 11 is 0. The summed E-state index contributed by atoms with van der Waals surface area (Å²) in [7, 11) is 0. The van der Waals surface area contributed by atoms with E-state index in [0.29, 0.717) is 0 Å². The van der Waals surface area contributed by atoms with Gasteiger partial charge in [-0.25, -0.2) is 0 Å². The largest absolute Gasteiger partial charge is 0.0912 e. The zero-order valence-electron chi connectivity index (χ0n) is 10.7. The van der Waals surface area contributed by atoms with Crippen LogP contribution < -0.4 is 0 Å². The quantitative estimate of drug-likeness (QED) is 0.474.